The van der Waals surface area contributed by atoms with Gasteiger partial charge in [-0.2, -0.15) is 0 Å². The van der Waals surface area contributed by atoms with Crippen molar-refractivity contribution < 1.29 is 19.4 Å². The standard InChI is InChI=1S/C11H13NO4/c1-16-11(15)8-3-2-4-9(7-8)12-10(14)5-6-13/h2-4,7,13H,5-6H2,1H3,(H,12,14). The van der Waals surface area contributed by atoms with Crippen LogP contribution in [0.2, 0.25) is 0 Å². The Bertz CT molecular complexity index is 389. The van der Waals surface area contributed by atoms with Crippen molar-refractivity contribution in [1.29, 1.82) is 0 Å². The van der Waals surface area contributed by atoms with E-state index in [1.165, 1.54) is 13.2 Å². The molecule has 0 aromatic heterocycles. The molecule has 0 saturated carbocycles. The molecule has 0 aliphatic carbocycles. The van der Waals surface area contributed by atoms with E-state index in [1.54, 1.807) is 18.2 Å². The summed E-state index contributed by atoms with van der Waals surface area (Å²) in [5, 5.41) is 11.1. The molecule has 1 aromatic carbocycles. The molecule has 86 valence electrons. The first-order valence-corrected chi connectivity index (χ1v) is 4.76. The number of hydrogen-bond donors (Lipinski definition) is 2. The van der Waals surface area contributed by atoms with E-state index < -0.39 is 5.97 Å². The van der Waals surface area contributed by atoms with Crippen LogP contribution in [-0.4, -0.2) is 30.7 Å². The smallest absolute Gasteiger partial charge is 0.337 e. The SMILES string of the molecule is COC(=O)c1cccc(NC(=O)CCO)c1. The van der Waals surface area contributed by atoms with Gasteiger partial charge in [0.2, 0.25) is 5.91 Å². The number of hydrogen-bond acceptors (Lipinski definition) is 4. The summed E-state index contributed by atoms with van der Waals surface area (Å²) in [5.41, 5.74) is 0.866. The van der Waals surface area contributed by atoms with Crippen molar-refractivity contribution in [3.05, 3.63) is 29.8 Å². The van der Waals surface area contributed by atoms with Crippen LogP contribution in [0.25, 0.3) is 0 Å². The Labute approximate surface area is 93.0 Å². The number of amides is 1. The first-order chi connectivity index (χ1) is 7.67. The molecule has 0 radical (unpaired) electrons. The van der Waals surface area contributed by atoms with E-state index in [2.05, 4.69) is 10.1 Å². The predicted octanol–water partition coefficient (Wildman–Crippen LogP) is 0.794. The molecule has 2 N–H and O–H groups in total. The molecule has 0 atom stereocenters. The Morgan fingerprint density at radius 1 is 1.44 bits per heavy atom. The molecule has 16 heavy (non-hydrogen) atoms. The van der Waals surface area contributed by atoms with Gasteiger partial charge in [-0.25, -0.2) is 4.79 Å². The Morgan fingerprint density at radius 3 is 2.81 bits per heavy atom. The first-order valence-electron chi connectivity index (χ1n) is 4.76. The van der Waals surface area contributed by atoms with Crippen molar-refractivity contribution in [3.8, 4) is 0 Å². The number of rotatable bonds is 4. The summed E-state index contributed by atoms with van der Waals surface area (Å²) in [6.07, 6.45) is 0.0302. The monoisotopic (exact) mass is 223 g/mol. The molecule has 1 amide bonds. The molecular weight excluding hydrogens is 210 g/mol. The second-order valence-corrected chi connectivity index (χ2v) is 3.09. The average molecular weight is 223 g/mol. The van der Waals surface area contributed by atoms with Crippen LogP contribution in [0.15, 0.2) is 24.3 Å². The van der Waals surface area contributed by atoms with E-state index in [0.29, 0.717) is 11.3 Å². The van der Waals surface area contributed by atoms with Gasteiger partial charge >= 0.3 is 5.97 Å². The maximum Gasteiger partial charge on any atom is 0.337 e. The highest BCUT2D eigenvalue weighted by Gasteiger charge is 2.07. The summed E-state index contributed by atoms with van der Waals surface area (Å²) >= 11 is 0. The van der Waals surface area contributed by atoms with Crippen LogP contribution in [0.5, 0.6) is 0 Å². The van der Waals surface area contributed by atoms with Crippen LogP contribution in [-0.2, 0) is 9.53 Å². The molecule has 0 heterocycles. The van der Waals surface area contributed by atoms with Crippen LogP contribution < -0.4 is 5.32 Å². The zero-order chi connectivity index (χ0) is 12.0. The zero-order valence-corrected chi connectivity index (χ0v) is 8.90. The number of aliphatic hydroxyl groups excluding tert-OH is 1. The number of anilines is 1. The maximum atomic E-state index is 11.2. The molecular formula is C11H13NO4. The summed E-state index contributed by atoms with van der Waals surface area (Å²) in [5.74, 6) is -0.761. The number of aliphatic hydroxyl groups is 1. The quantitative estimate of drug-likeness (QED) is 0.740. The van der Waals surface area contributed by atoms with Crippen LogP contribution in [0.3, 0.4) is 0 Å². The maximum absolute atomic E-state index is 11.2. The lowest BCUT2D eigenvalue weighted by Gasteiger charge is -2.05. The fraction of sp³-hybridized carbons (Fsp3) is 0.273. The molecule has 0 fully saturated rings. The van der Waals surface area contributed by atoms with Gasteiger partial charge in [-0.15, -0.1) is 0 Å². The van der Waals surface area contributed by atoms with Crippen LogP contribution in [0, 0.1) is 0 Å². The number of carbonyl (C=O) groups is 2. The molecule has 0 aliphatic heterocycles. The third-order valence-electron chi connectivity index (χ3n) is 1.91. The van der Waals surface area contributed by atoms with Gasteiger partial charge in [0.05, 0.1) is 25.7 Å². The van der Waals surface area contributed by atoms with Crippen molar-refractivity contribution in [2.75, 3.05) is 19.0 Å². The van der Waals surface area contributed by atoms with Crippen molar-refractivity contribution in [2.45, 2.75) is 6.42 Å². The predicted molar refractivity (Wildman–Crippen MR) is 58.1 cm³/mol. The Hall–Kier alpha value is -1.88. The molecule has 5 nitrogen and oxygen atoms in total. The van der Waals surface area contributed by atoms with Crippen LogP contribution >= 0.6 is 0 Å². The minimum atomic E-state index is -0.460. The summed E-state index contributed by atoms with van der Waals surface area (Å²) in [4.78, 5) is 22.4. The lowest BCUT2D eigenvalue weighted by atomic mass is 10.2. The van der Waals surface area contributed by atoms with Crippen LogP contribution in [0.1, 0.15) is 16.8 Å². The van der Waals surface area contributed by atoms with E-state index in [-0.39, 0.29) is 18.9 Å². The molecule has 1 aromatic rings. The van der Waals surface area contributed by atoms with Gasteiger partial charge in [-0.1, -0.05) is 6.07 Å². The minimum Gasteiger partial charge on any atom is -0.465 e. The second-order valence-electron chi connectivity index (χ2n) is 3.09. The Kier molecular flexibility index (Phi) is 4.47. The lowest BCUT2D eigenvalue weighted by molar-refractivity contribution is -0.116. The number of carbonyl (C=O) groups excluding carboxylic acids is 2. The zero-order valence-electron chi connectivity index (χ0n) is 8.90. The molecule has 0 bridgehead atoms. The second kappa shape index (κ2) is 5.87. The number of esters is 1. The highest BCUT2D eigenvalue weighted by Crippen LogP contribution is 2.11. The van der Waals surface area contributed by atoms with Crippen molar-refractivity contribution in [1.82, 2.24) is 0 Å². The van der Waals surface area contributed by atoms with Gasteiger partial charge in [-0.3, -0.25) is 4.79 Å². The van der Waals surface area contributed by atoms with E-state index >= 15 is 0 Å². The topological polar surface area (TPSA) is 75.6 Å². The number of nitrogens with one attached hydrogen (secondary N) is 1. The van der Waals surface area contributed by atoms with Crippen molar-refractivity contribution in [2.24, 2.45) is 0 Å². The lowest BCUT2D eigenvalue weighted by Crippen LogP contribution is -2.13. The van der Waals surface area contributed by atoms with Crippen molar-refractivity contribution >= 4 is 17.6 Å². The highest BCUT2D eigenvalue weighted by molar-refractivity contribution is 5.94. The number of benzene rings is 1. The van der Waals surface area contributed by atoms with Gasteiger partial charge in [0.1, 0.15) is 0 Å². The van der Waals surface area contributed by atoms with E-state index in [4.69, 9.17) is 5.11 Å². The average Bonchev–Trinajstić information content (AvgIpc) is 2.28. The van der Waals surface area contributed by atoms with E-state index in [9.17, 15) is 9.59 Å². The summed E-state index contributed by atoms with van der Waals surface area (Å²) in [7, 11) is 1.29. The largest absolute Gasteiger partial charge is 0.465 e. The summed E-state index contributed by atoms with van der Waals surface area (Å²) < 4.78 is 4.55. The van der Waals surface area contributed by atoms with E-state index in [0.717, 1.165) is 0 Å². The Balaban J connectivity index is 2.74. The molecule has 0 spiro atoms. The first kappa shape index (κ1) is 12.2. The molecule has 0 unspecified atom stereocenters. The number of methoxy groups -OCH3 is 1. The molecule has 1 rings (SSSR count). The molecule has 0 saturated heterocycles. The van der Waals surface area contributed by atoms with Gasteiger partial charge in [0.15, 0.2) is 0 Å². The Morgan fingerprint density at radius 2 is 2.19 bits per heavy atom. The van der Waals surface area contributed by atoms with Gasteiger partial charge in [0.25, 0.3) is 0 Å². The molecule has 0 aliphatic rings. The highest BCUT2D eigenvalue weighted by atomic mass is 16.5. The van der Waals surface area contributed by atoms with Gasteiger partial charge < -0.3 is 15.2 Å². The number of ether oxygens (including phenoxy) is 1. The van der Waals surface area contributed by atoms with Gasteiger partial charge in [0, 0.05) is 5.69 Å². The normalized spacial score (nSPS) is 9.62. The summed E-state index contributed by atoms with van der Waals surface area (Å²) in [6, 6.07) is 6.40. The van der Waals surface area contributed by atoms with Crippen LogP contribution in [0.4, 0.5) is 5.69 Å². The molecule has 5 heteroatoms. The van der Waals surface area contributed by atoms with E-state index in [1.807, 2.05) is 0 Å². The fourth-order valence-electron chi connectivity index (χ4n) is 1.17. The summed E-state index contributed by atoms with van der Waals surface area (Å²) in [6.45, 7) is -0.206. The minimum absolute atomic E-state index is 0.0302. The fourth-order valence-corrected chi connectivity index (χ4v) is 1.17. The third kappa shape index (κ3) is 3.36. The van der Waals surface area contributed by atoms with Gasteiger partial charge in [-0.05, 0) is 18.2 Å². The van der Waals surface area contributed by atoms with Crippen molar-refractivity contribution in [3.63, 3.8) is 0 Å². The third-order valence-corrected chi connectivity index (χ3v) is 1.91.